The van der Waals surface area contributed by atoms with Crippen molar-refractivity contribution in [3.05, 3.63) is 35.4 Å². The zero-order chi connectivity index (χ0) is 10.7. The zero-order valence-corrected chi connectivity index (χ0v) is 8.77. The van der Waals surface area contributed by atoms with E-state index in [0.717, 1.165) is 0 Å². The van der Waals surface area contributed by atoms with E-state index in [1.807, 2.05) is 19.1 Å². The Hall–Kier alpha value is -1.35. The summed E-state index contributed by atoms with van der Waals surface area (Å²) in [5.41, 5.74) is 2.43. The highest BCUT2D eigenvalue weighted by atomic mass is 16.5. The van der Waals surface area contributed by atoms with E-state index in [-0.39, 0.29) is 12.0 Å². The van der Waals surface area contributed by atoms with Crippen LogP contribution >= 0.6 is 0 Å². The first-order valence-corrected chi connectivity index (χ1v) is 5.21. The van der Waals surface area contributed by atoms with Gasteiger partial charge in [0, 0.05) is 13.0 Å². The molecule has 3 heteroatoms. The first-order chi connectivity index (χ1) is 7.31. The monoisotopic (exact) mass is 204 g/mol. The van der Waals surface area contributed by atoms with Crippen LogP contribution in [0.15, 0.2) is 24.3 Å². The standard InChI is InChI=1S/C12H14NO2/c1-2-15-12(14)11-7-9-5-3-4-6-10(9)8-13-11/h3-6,11H,2,7-8H2,1H3/t11-/m0/s1. The molecular weight excluding hydrogens is 190 g/mol. The number of fused-ring (bicyclic) bond motifs is 1. The fourth-order valence-corrected chi connectivity index (χ4v) is 1.79. The van der Waals surface area contributed by atoms with E-state index in [1.54, 1.807) is 0 Å². The molecule has 0 spiro atoms. The van der Waals surface area contributed by atoms with Crippen LogP contribution in [0.3, 0.4) is 0 Å². The van der Waals surface area contributed by atoms with Crippen LogP contribution in [-0.2, 0) is 22.5 Å². The molecule has 1 heterocycles. The molecule has 0 N–H and O–H groups in total. The quantitative estimate of drug-likeness (QED) is 0.681. The maximum absolute atomic E-state index is 11.5. The summed E-state index contributed by atoms with van der Waals surface area (Å²) < 4.78 is 4.96. The lowest BCUT2D eigenvalue weighted by Crippen LogP contribution is -2.38. The van der Waals surface area contributed by atoms with Crippen molar-refractivity contribution >= 4 is 5.97 Å². The Balaban J connectivity index is 2.08. The third-order valence-corrected chi connectivity index (χ3v) is 2.57. The van der Waals surface area contributed by atoms with Gasteiger partial charge in [-0.15, -0.1) is 0 Å². The average molecular weight is 204 g/mol. The molecule has 1 atom stereocenters. The SMILES string of the molecule is CCOC(=O)[C@@H]1Cc2ccccc2C[N]1. The molecule has 15 heavy (non-hydrogen) atoms. The van der Waals surface area contributed by atoms with Crippen molar-refractivity contribution in [3.8, 4) is 0 Å². The lowest BCUT2D eigenvalue weighted by atomic mass is 9.96. The summed E-state index contributed by atoms with van der Waals surface area (Å²) in [5, 5.41) is 4.31. The van der Waals surface area contributed by atoms with Gasteiger partial charge in [0.25, 0.3) is 0 Å². The molecule has 0 saturated carbocycles. The van der Waals surface area contributed by atoms with E-state index in [9.17, 15) is 4.79 Å². The van der Waals surface area contributed by atoms with Crippen molar-refractivity contribution in [2.45, 2.75) is 25.9 Å². The molecule has 0 unspecified atom stereocenters. The second-order valence-corrected chi connectivity index (χ2v) is 3.58. The number of carbonyl (C=O) groups excluding carboxylic acids is 1. The smallest absolute Gasteiger partial charge is 0.325 e. The highest BCUT2D eigenvalue weighted by Crippen LogP contribution is 2.17. The molecular formula is C12H14NO2. The number of benzene rings is 1. The van der Waals surface area contributed by atoms with Crippen LogP contribution in [-0.4, -0.2) is 18.6 Å². The molecule has 1 radical (unpaired) electrons. The van der Waals surface area contributed by atoms with Gasteiger partial charge in [-0.25, -0.2) is 5.32 Å². The normalized spacial score (nSPS) is 19.4. The third kappa shape index (κ3) is 2.18. The summed E-state index contributed by atoms with van der Waals surface area (Å²) >= 11 is 0. The van der Waals surface area contributed by atoms with Crippen molar-refractivity contribution < 1.29 is 9.53 Å². The Bertz CT molecular complexity index is 362. The molecule has 0 bridgehead atoms. The molecule has 0 amide bonds. The van der Waals surface area contributed by atoms with Gasteiger partial charge in [-0.05, 0) is 18.1 Å². The minimum atomic E-state index is -0.306. The van der Waals surface area contributed by atoms with Crippen LogP contribution in [0, 0.1) is 0 Å². The fourth-order valence-electron chi connectivity index (χ4n) is 1.79. The number of rotatable bonds is 2. The van der Waals surface area contributed by atoms with E-state index < -0.39 is 0 Å². The first kappa shape index (κ1) is 10.2. The van der Waals surface area contributed by atoms with E-state index in [0.29, 0.717) is 19.6 Å². The van der Waals surface area contributed by atoms with Crippen LogP contribution in [0.4, 0.5) is 0 Å². The molecule has 1 aliphatic heterocycles. The zero-order valence-electron chi connectivity index (χ0n) is 8.77. The molecule has 1 aliphatic rings. The number of nitrogens with zero attached hydrogens (tertiary/aromatic N) is 1. The van der Waals surface area contributed by atoms with Crippen molar-refractivity contribution in [3.63, 3.8) is 0 Å². The second-order valence-electron chi connectivity index (χ2n) is 3.58. The molecule has 3 nitrogen and oxygen atoms in total. The molecule has 2 rings (SSSR count). The topological polar surface area (TPSA) is 40.4 Å². The Morgan fingerprint density at radius 3 is 2.93 bits per heavy atom. The Morgan fingerprint density at radius 2 is 2.20 bits per heavy atom. The number of hydrogen-bond acceptors (Lipinski definition) is 2. The molecule has 0 saturated heterocycles. The molecule has 1 aromatic rings. The maximum Gasteiger partial charge on any atom is 0.325 e. The van der Waals surface area contributed by atoms with Gasteiger partial charge in [0.1, 0.15) is 6.04 Å². The first-order valence-electron chi connectivity index (χ1n) is 5.21. The molecule has 0 aliphatic carbocycles. The van der Waals surface area contributed by atoms with Gasteiger partial charge in [0.2, 0.25) is 0 Å². The van der Waals surface area contributed by atoms with Crippen LogP contribution in [0.5, 0.6) is 0 Å². The highest BCUT2D eigenvalue weighted by Gasteiger charge is 2.25. The van der Waals surface area contributed by atoms with Crippen molar-refractivity contribution in [1.82, 2.24) is 5.32 Å². The van der Waals surface area contributed by atoms with Gasteiger partial charge in [-0.1, -0.05) is 24.3 Å². The predicted octanol–water partition coefficient (Wildman–Crippen LogP) is 1.28. The van der Waals surface area contributed by atoms with Crippen molar-refractivity contribution in [2.24, 2.45) is 0 Å². The number of esters is 1. The second kappa shape index (κ2) is 4.45. The van der Waals surface area contributed by atoms with Gasteiger partial charge in [0.15, 0.2) is 0 Å². The van der Waals surface area contributed by atoms with E-state index in [2.05, 4.69) is 17.4 Å². The van der Waals surface area contributed by atoms with E-state index in [1.165, 1.54) is 11.1 Å². The van der Waals surface area contributed by atoms with Crippen LogP contribution in [0.2, 0.25) is 0 Å². The lowest BCUT2D eigenvalue weighted by Gasteiger charge is -2.22. The van der Waals surface area contributed by atoms with E-state index in [4.69, 9.17) is 4.74 Å². The summed E-state index contributed by atoms with van der Waals surface area (Å²) in [7, 11) is 0. The minimum absolute atomic E-state index is 0.202. The summed E-state index contributed by atoms with van der Waals surface area (Å²) in [6, 6.07) is 7.79. The van der Waals surface area contributed by atoms with Gasteiger partial charge < -0.3 is 4.74 Å². The molecule has 79 valence electrons. The fraction of sp³-hybridized carbons (Fsp3) is 0.417. The van der Waals surface area contributed by atoms with Crippen LogP contribution in [0.1, 0.15) is 18.1 Å². The minimum Gasteiger partial charge on any atom is -0.465 e. The Kier molecular flexibility index (Phi) is 3.02. The maximum atomic E-state index is 11.5. The molecule has 1 aromatic carbocycles. The summed E-state index contributed by atoms with van der Waals surface area (Å²) in [4.78, 5) is 11.5. The van der Waals surface area contributed by atoms with Crippen LogP contribution in [0.25, 0.3) is 0 Å². The highest BCUT2D eigenvalue weighted by molar-refractivity contribution is 5.76. The number of carbonyl (C=O) groups is 1. The predicted molar refractivity (Wildman–Crippen MR) is 56.4 cm³/mol. The van der Waals surface area contributed by atoms with Crippen molar-refractivity contribution in [1.29, 1.82) is 0 Å². The summed E-state index contributed by atoms with van der Waals surface area (Å²) in [6.07, 6.45) is 0.676. The number of ether oxygens (including phenoxy) is 1. The third-order valence-electron chi connectivity index (χ3n) is 2.57. The largest absolute Gasteiger partial charge is 0.465 e. The summed E-state index contributed by atoms with van der Waals surface area (Å²) in [5.74, 6) is -0.202. The molecule has 0 aromatic heterocycles. The van der Waals surface area contributed by atoms with Gasteiger partial charge in [0.05, 0.1) is 6.61 Å². The van der Waals surface area contributed by atoms with Gasteiger partial charge >= 0.3 is 5.97 Å². The van der Waals surface area contributed by atoms with Crippen molar-refractivity contribution in [2.75, 3.05) is 6.61 Å². The Morgan fingerprint density at radius 1 is 1.47 bits per heavy atom. The number of hydrogen-bond donors (Lipinski definition) is 0. The lowest BCUT2D eigenvalue weighted by molar-refractivity contribution is -0.145. The van der Waals surface area contributed by atoms with Gasteiger partial charge in [-0.2, -0.15) is 0 Å². The average Bonchev–Trinajstić information content (AvgIpc) is 2.29. The van der Waals surface area contributed by atoms with Crippen LogP contribution < -0.4 is 5.32 Å². The van der Waals surface area contributed by atoms with Gasteiger partial charge in [-0.3, -0.25) is 4.79 Å². The Labute approximate surface area is 89.4 Å². The van der Waals surface area contributed by atoms with E-state index >= 15 is 0 Å². The summed E-state index contributed by atoms with van der Waals surface area (Å²) in [6.45, 7) is 2.86. The molecule has 0 fully saturated rings.